The van der Waals surface area contributed by atoms with Crippen LogP contribution in [0.4, 0.5) is 0 Å². The molecule has 11 heavy (non-hydrogen) atoms. The van der Waals surface area contributed by atoms with Crippen molar-refractivity contribution < 1.29 is 9.84 Å². The minimum Gasteiger partial charge on any atom is -0.389 e. The second-order valence-corrected chi connectivity index (χ2v) is 3.76. The molecule has 0 unspecified atom stereocenters. The normalized spacial score (nSPS) is 32.2. The molecule has 2 atom stereocenters. The summed E-state index contributed by atoms with van der Waals surface area (Å²) in [5.74, 6) is 0. The highest BCUT2D eigenvalue weighted by molar-refractivity contribution is 4.84. The molecule has 1 rings (SSSR count). The number of aliphatic hydroxyl groups excluding tert-OH is 1. The summed E-state index contributed by atoms with van der Waals surface area (Å²) in [6, 6.07) is 0. The maximum atomic E-state index is 9.34. The van der Waals surface area contributed by atoms with Crippen LogP contribution in [-0.4, -0.2) is 29.5 Å². The first-order chi connectivity index (χ1) is 5.05. The van der Waals surface area contributed by atoms with Crippen molar-refractivity contribution in [2.45, 2.75) is 44.5 Å². The molecule has 0 spiro atoms. The van der Waals surface area contributed by atoms with Gasteiger partial charge in [-0.05, 0) is 26.7 Å². The molecule has 3 nitrogen and oxygen atoms in total. The van der Waals surface area contributed by atoms with Crippen LogP contribution in [0.5, 0.6) is 0 Å². The van der Waals surface area contributed by atoms with Gasteiger partial charge in [0.15, 0.2) is 0 Å². The quantitative estimate of drug-likeness (QED) is 0.608. The summed E-state index contributed by atoms with van der Waals surface area (Å²) in [6.45, 7) is 4.37. The second-order valence-electron chi connectivity index (χ2n) is 3.76. The molecular weight excluding hydrogens is 142 g/mol. The predicted molar refractivity (Wildman–Crippen MR) is 43.2 cm³/mol. The Hall–Kier alpha value is -0.120. The van der Waals surface area contributed by atoms with E-state index in [9.17, 15) is 5.11 Å². The number of ether oxygens (including phenoxy) is 1. The highest BCUT2D eigenvalue weighted by atomic mass is 16.5. The molecule has 0 bridgehead atoms. The number of hydrogen-bond acceptors (Lipinski definition) is 3. The first kappa shape index (κ1) is 8.97. The predicted octanol–water partition coefficient (Wildman–Crippen LogP) is 0.264. The van der Waals surface area contributed by atoms with E-state index in [1.54, 1.807) is 0 Å². The Bertz CT molecular complexity index is 136. The van der Waals surface area contributed by atoms with E-state index in [2.05, 4.69) is 0 Å². The summed E-state index contributed by atoms with van der Waals surface area (Å²) >= 11 is 0. The molecule has 1 aliphatic rings. The van der Waals surface area contributed by atoms with Gasteiger partial charge in [-0.3, -0.25) is 0 Å². The van der Waals surface area contributed by atoms with Crippen molar-refractivity contribution in [2.24, 2.45) is 5.73 Å². The Morgan fingerprint density at radius 1 is 1.73 bits per heavy atom. The molecule has 0 aromatic rings. The van der Waals surface area contributed by atoms with Crippen molar-refractivity contribution >= 4 is 0 Å². The average molecular weight is 159 g/mol. The Balaban J connectivity index is 2.41. The second kappa shape index (κ2) is 3.09. The van der Waals surface area contributed by atoms with Gasteiger partial charge in [-0.1, -0.05) is 0 Å². The summed E-state index contributed by atoms with van der Waals surface area (Å²) in [7, 11) is 0. The van der Waals surface area contributed by atoms with Crippen LogP contribution in [0, 0.1) is 0 Å². The maximum Gasteiger partial charge on any atom is 0.0923 e. The van der Waals surface area contributed by atoms with Crippen molar-refractivity contribution in [3.05, 3.63) is 0 Å². The fourth-order valence-electron chi connectivity index (χ4n) is 1.44. The number of nitrogens with two attached hydrogens (primary N) is 1. The van der Waals surface area contributed by atoms with Crippen molar-refractivity contribution in [3.63, 3.8) is 0 Å². The zero-order valence-electron chi connectivity index (χ0n) is 7.21. The smallest absolute Gasteiger partial charge is 0.0923 e. The van der Waals surface area contributed by atoms with Gasteiger partial charge in [0.2, 0.25) is 0 Å². The molecule has 0 saturated carbocycles. The third-order valence-corrected chi connectivity index (χ3v) is 2.17. The number of hydrogen-bond donors (Lipinski definition) is 2. The summed E-state index contributed by atoms with van der Waals surface area (Å²) < 4.78 is 5.57. The first-order valence-corrected chi connectivity index (χ1v) is 4.11. The highest BCUT2D eigenvalue weighted by Gasteiger charge is 2.34. The molecule has 3 heteroatoms. The van der Waals surface area contributed by atoms with Gasteiger partial charge in [0.05, 0.1) is 17.8 Å². The third kappa shape index (κ3) is 2.15. The van der Waals surface area contributed by atoms with Crippen LogP contribution in [0.3, 0.4) is 0 Å². The minimum atomic E-state index is -0.489. The standard InChI is InChI=1S/C8H17NO2/c1-8(2)4-3-7(11-8)6(10)5-9/h6-7,10H,3-5,9H2,1-2H3/t6-,7-/m0/s1. The SMILES string of the molecule is CC1(C)CC[C@@H]([C@@H](O)CN)O1. The molecule has 1 aliphatic heterocycles. The summed E-state index contributed by atoms with van der Waals surface area (Å²) in [6.07, 6.45) is 1.40. The Morgan fingerprint density at radius 3 is 2.73 bits per heavy atom. The van der Waals surface area contributed by atoms with Crippen LogP contribution in [0.1, 0.15) is 26.7 Å². The Kier molecular flexibility index (Phi) is 2.52. The molecule has 0 aliphatic carbocycles. The zero-order valence-corrected chi connectivity index (χ0v) is 7.21. The molecular formula is C8H17NO2. The van der Waals surface area contributed by atoms with Gasteiger partial charge in [-0.15, -0.1) is 0 Å². The van der Waals surface area contributed by atoms with Crippen LogP contribution in [0.25, 0.3) is 0 Å². The fourth-order valence-corrected chi connectivity index (χ4v) is 1.44. The molecule has 0 aromatic carbocycles. The highest BCUT2D eigenvalue weighted by Crippen LogP contribution is 2.30. The lowest BCUT2D eigenvalue weighted by molar-refractivity contribution is -0.0675. The zero-order chi connectivity index (χ0) is 8.48. The van der Waals surface area contributed by atoms with Gasteiger partial charge >= 0.3 is 0 Å². The lowest BCUT2D eigenvalue weighted by atomic mass is 10.0. The van der Waals surface area contributed by atoms with E-state index in [4.69, 9.17) is 10.5 Å². The molecule has 0 amide bonds. The molecule has 3 N–H and O–H groups in total. The van der Waals surface area contributed by atoms with Gasteiger partial charge in [-0.2, -0.15) is 0 Å². The van der Waals surface area contributed by atoms with Gasteiger partial charge in [0.25, 0.3) is 0 Å². The molecule has 1 saturated heterocycles. The third-order valence-electron chi connectivity index (χ3n) is 2.17. The largest absolute Gasteiger partial charge is 0.389 e. The van der Waals surface area contributed by atoms with Crippen molar-refractivity contribution in [3.8, 4) is 0 Å². The van der Waals surface area contributed by atoms with Crippen LogP contribution in [0.2, 0.25) is 0 Å². The van der Waals surface area contributed by atoms with Crippen molar-refractivity contribution in [2.75, 3.05) is 6.54 Å². The molecule has 1 fully saturated rings. The van der Waals surface area contributed by atoms with Crippen LogP contribution in [-0.2, 0) is 4.74 Å². The van der Waals surface area contributed by atoms with Gasteiger partial charge in [-0.25, -0.2) is 0 Å². The average Bonchev–Trinajstić information content (AvgIpc) is 2.29. The Morgan fingerprint density at radius 2 is 2.36 bits per heavy atom. The van der Waals surface area contributed by atoms with E-state index >= 15 is 0 Å². The molecule has 0 aromatic heterocycles. The summed E-state index contributed by atoms with van der Waals surface area (Å²) in [5, 5.41) is 9.34. The van der Waals surface area contributed by atoms with Crippen molar-refractivity contribution in [1.29, 1.82) is 0 Å². The first-order valence-electron chi connectivity index (χ1n) is 4.11. The lowest BCUT2D eigenvalue weighted by Gasteiger charge is -2.21. The van der Waals surface area contributed by atoms with Gasteiger partial charge < -0.3 is 15.6 Å². The monoisotopic (exact) mass is 159 g/mol. The van der Waals surface area contributed by atoms with E-state index in [0.717, 1.165) is 12.8 Å². The topological polar surface area (TPSA) is 55.5 Å². The fraction of sp³-hybridized carbons (Fsp3) is 1.00. The maximum absolute atomic E-state index is 9.34. The Labute approximate surface area is 67.5 Å². The van der Waals surface area contributed by atoms with E-state index in [-0.39, 0.29) is 11.7 Å². The summed E-state index contributed by atoms with van der Waals surface area (Å²) in [4.78, 5) is 0. The number of rotatable bonds is 2. The van der Waals surface area contributed by atoms with Gasteiger partial charge in [0, 0.05) is 6.54 Å². The van der Waals surface area contributed by atoms with E-state index in [1.165, 1.54) is 0 Å². The molecule has 0 radical (unpaired) electrons. The van der Waals surface area contributed by atoms with Crippen LogP contribution >= 0.6 is 0 Å². The molecule has 1 heterocycles. The minimum absolute atomic E-state index is 0.0463. The summed E-state index contributed by atoms with van der Waals surface area (Å²) in [5.41, 5.74) is 5.24. The van der Waals surface area contributed by atoms with E-state index in [1.807, 2.05) is 13.8 Å². The number of aliphatic hydroxyl groups is 1. The lowest BCUT2D eigenvalue weighted by Crippen LogP contribution is -2.34. The van der Waals surface area contributed by atoms with E-state index in [0.29, 0.717) is 6.54 Å². The molecule has 66 valence electrons. The van der Waals surface area contributed by atoms with Crippen LogP contribution in [0.15, 0.2) is 0 Å². The van der Waals surface area contributed by atoms with Crippen molar-refractivity contribution in [1.82, 2.24) is 0 Å². The van der Waals surface area contributed by atoms with E-state index < -0.39 is 6.10 Å². The van der Waals surface area contributed by atoms with Crippen LogP contribution < -0.4 is 5.73 Å². The van der Waals surface area contributed by atoms with Gasteiger partial charge in [0.1, 0.15) is 0 Å².